The molecule has 2 rings (SSSR count). The first-order valence-corrected chi connectivity index (χ1v) is 11.1. The third-order valence-electron chi connectivity index (χ3n) is 4.35. The number of nitrogens with zero attached hydrogens (tertiary/aromatic N) is 2. The number of hydrogen-bond acceptors (Lipinski definition) is 6. The van der Waals surface area contributed by atoms with E-state index in [0.717, 1.165) is 28.6 Å². The van der Waals surface area contributed by atoms with Gasteiger partial charge in [0.2, 0.25) is 10.0 Å². The summed E-state index contributed by atoms with van der Waals surface area (Å²) < 4.78 is 33.1. The molecule has 0 aliphatic heterocycles. The highest BCUT2D eigenvalue weighted by Crippen LogP contribution is 2.27. The number of halogens is 1. The van der Waals surface area contributed by atoms with Crippen LogP contribution in [0, 0.1) is 16.0 Å². The summed E-state index contributed by atoms with van der Waals surface area (Å²) in [7, 11) is -4.20. The molecule has 2 aromatic rings. The van der Waals surface area contributed by atoms with Crippen LogP contribution in [0.25, 0.3) is 0 Å². The van der Waals surface area contributed by atoms with Gasteiger partial charge in [-0.1, -0.05) is 37.6 Å². The normalized spacial score (nSPS) is 12.7. The fourth-order valence-corrected chi connectivity index (χ4v) is 4.88. The number of carbonyl (C=O) groups excluding carboxylic acids is 1. The zero-order valence-corrected chi connectivity index (χ0v) is 18.4. The third-order valence-corrected chi connectivity index (χ3v) is 6.43. The minimum absolute atomic E-state index is 0.102. The van der Waals surface area contributed by atoms with Gasteiger partial charge in [0, 0.05) is 23.7 Å². The Morgan fingerprint density at radius 1 is 1.20 bits per heavy atom. The Kier molecular flexibility index (Phi) is 7.94. The number of non-ortho nitro benzene ring substituents is 1. The lowest BCUT2D eigenvalue weighted by Crippen LogP contribution is -2.48. The average Bonchev–Trinajstić information content (AvgIpc) is 2.67. The van der Waals surface area contributed by atoms with Crippen LogP contribution in [-0.2, 0) is 26.1 Å². The molecule has 0 N–H and O–H groups in total. The number of hydrogen-bond donors (Lipinski definition) is 0. The van der Waals surface area contributed by atoms with E-state index in [1.807, 2.05) is 0 Å². The summed E-state index contributed by atoms with van der Waals surface area (Å²) in [4.78, 5) is 22.8. The number of benzene rings is 2. The van der Waals surface area contributed by atoms with Crippen LogP contribution >= 0.6 is 11.6 Å². The molecule has 0 heterocycles. The van der Waals surface area contributed by atoms with Gasteiger partial charge >= 0.3 is 5.97 Å². The number of esters is 1. The van der Waals surface area contributed by atoms with Crippen molar-refractivity contribution < 1.29 is 22.9 Å². The molecule has 1 unspecified atom stereocenters. The van der Waals surface area contributed by atoms with Gasteiger partial charge in [0.05, 0.1) is 16.4 Å². The Bertz CT molecular complexity index is 1010. The summed E-state index contributed by atoms with van der Waals surface area (Å²) in [5.74, 6) is -1.06. The van der Waals surface area contributed by atoms with Gasteiger partial charge in [0.25, 0.3) is 5.69 Å². The summed E-state index contributed by atoms with van der Waals surface area (Å²) in [6.45, 7) is 5.06. The molecule has 0 spiro atoms. The molecule has 8 nitrogen and oxygen atoms in total. The molecule has 2 aromatic carbocycles. The fourth-order valence-electron chi connectivity index (χ4n) is 2.97. The van der Waals surface area contributed by atoms with E-state index >= 15 is 0 Å². The van der Waals surface area contributed by atoms with Crippen molar-refractivity contribution in [1.29, 1.82) is 0 Å². The first-order valence-electron chi connectivity index (χ1n) is 9.25. The van der Waals surface area contributed by atoms with Crippen LogP contribution in [0.1, 0.15) is 26.3 Å². The van der Waals surface area contributed by atoms with E-state index in [2.05, 4.69) is 0 Å². The Labute approximate surface area is 180 Å². The predicted octanol–water partition coefficient (Wildman–Crippen LogP) is 4.03. The van der Waals surface area contributed by atoms with Crippen molar-refractivity contribution in [3.8, 4) is 0 Å². The van der Waals surface area contributed by atoms with Gasteiger partial charge in [-0.25, -0.2) is 8.42 Å². The monoisotopic (exact) mass is 454 g/mol. The second-order valence-electron chi connectivity index (χ2n) is 6.87. The van der Waals surface area contributed by atoms with Gasteiger partial charge < -0.3 is 4.74 Å². The highest BCUT2D eigenvalue weighted by atomic mass is 35.5. The number of sulfonamides is 1. The number of carbonyl (C=O) groups is 1. The molecule has 0 bridgehead atoms. The van der Waals surface area contributed by atoms with E-state index < -0.39 is 32.9 Å². The molecule has 0 amide bonds. The van der Waals surface area contributed by atoms with E-state index in [9.17, 15) is 23.3 Å². The summed E-state index contributed by atoms with van der Waals surface area (Å²) >= 11 is 6.04. The Morgan fingerprint density at radius 3 is 2.33 bits per heavy atom. The van der Waals surface area contributed by atoms with Crippen LogP contribution < -0.4 is 0 Å². The molecule has 0 fully saturated rings. The number of ether oxygens (including phenoxy) is 1. The lowest BCUT2D eigenvalue weighted by atomic mass is 10.0. The van der Waals surface area contributed by atoms with Gasteiger partial charge in [0.15, 0.2) is 0 Å². The molecule has 1 atom stereocenters. The van der Waals surface area contributed by atoms with E-state index in [0.29, 0.717) is 10.6 Å². The lowest BCUT2D eigenvalue weighted by molar-refractivity contribution is -0.384. The average molecular weight is 455 g/mol. The summed E-state index contributed by atoms with van der Waals surface area (Å²) in [5.41, 5.74) is 0.351. The number of rotatable bonds is 9. The van der Waals surface area contributed by atoms with Crippen LogP contribution in [0.15, 0.2) is 53.4 Å². The molecule has 0 saturated carbocycles. The highest BCUT2D eigenvalue weighted by molar-refractivity contribution is 7.89. The smallest absolute Gasteiger partial charge is 0.324 e. The van der Waals surface area contributed by atoms with E-state index in [1.165, 1.54) is 0 Å². The Morgan fingerprint density at radius 2 is 1.83 bits per heavy atom. The van der Waals surface area contributed by atoms with Gasteiger partial charge in [-0.15, -0.1) is 0 Å². The van der Waals surface area contributed by atoms with Crippen LogP contribution in [-0.4, -0.2) is 36.3 Å². The molecule has 162 valence electrons. The quantitative estimate of drug-likeness (QED) is 0.321. The fraction of sp³-hybridized carbons (Fsp3) is 0.350. The van der Waals surface area contributed by atoms with Crippen LogP contribution in [0.2, 0.25) is 5.02 Å². The molecular formula is C20H23ClN2O6S. The van der Waals surface area contributed by atoms with Crippen molar-refractivity contribution in [1.82, 2.24) is 4.31 Å². The SMILES string of the molecule is CCOC(=O)C(C(C)C)N(Cc1cccc(Cl)c1)S(=O)(=O)c1ccc([N+](=O)[O-])cc1. The maximum atomic E-state index is 13.5. The van der Waals surface area contributed by atoms with Crippen molar-refractivity contribution in [2.45, 2.75) is 38.3 Å². The van der Waals surface area contributed by atoms with Crippen molar-refractivity contribution in [2.24, 2.45) is 5.92 Å². The molecule has 0 aliphatic carbocycles. The van der Waals surface area contributed by atoms with Gasteiger partial charge in [-0.05, 0) is 42.7 Å². The second-order valence-corrected chi connectivity index (χ2v) is 9.20. The first kappa shape index (κ1) is 23.8. The molecule has 0 radical (unpaired) electrons. The lowest BCUT2D eigenvalue weighted by Gasteiger charge is -2.32. The standard InChI is InChI=1S/C20H23ClN2O6S/c1-4-29-20(24)19(14(2)3)22(13-15-6-5-7-16(21)12-15)30(27,28)18-10-8-17(9-11-18)23(25)26/h5-12,14,19H,4,13H2,1-3H3. The largest absolute Gasteiger partial charge is 0.465 e. The zero-order chi connectivity index (χ0) is 22.5. The maximum absolute atomic E-state index is 13.5. The van der Waals surface area contributed by atoms with Crippen molar-refractivity contribution in [3.63, 3.8) is 0 Å². The maximum Gasteiger partial charge on any atom is 0.324 e. The van der Waals surface area contributed by atoms with E-state index in [4.69, 9.17) is 16.3 Å². The van der Waals surface area contributed by atoms with Crippen LogP contribution in [0.3, 0.4) is 0 Å². The van der Waals surface area contributed by atoms with Gasteiger partial charge in [-0.2, -0.15) is 4.31 Å². The Hall–Kier alpha value is -2.49. The number of nitro benzene ring substituents is 1. The summed E-state index contributed by atoms with van der Waals surface area (Å²) in [5, 5.41) is 11.3. The molecule has 0 aliphatic rings. The topological polar surface area (TPSA) is 107 Å². The van der Waals surface area contributed by atoms with Crippen LogP contribution in [0.4, 0.5) is 5.69 Å². The summed E-state index contributed by atoms with van der Waals surface area (Å²) in [6.07, 6.45) is 0. The van der Waals surface area contributed by atoms with E-state index in [-0.39, 0.29) is 23.7 Å². The van der Waals surface area contributed by atoms with Crippen molar-refractivity contribution in [2.75, 3.05) is 6.61 Å². The second kappa shape index (κ2) is 10.0. The summed E-state index contributed by atoms with van der Waals surface area (Å²) in [6, 6.07) is 10.1. The van der Waals surface area contributed by atoms with Gasteiger partial charge in [-0.3, -0.25) is 14.9 Å². The third kappa shape index (κ3) is 5.56. The van der Waals surface area contributed by atoms with Gasteiger partial charge in [0.1, 0.15) is 6.04 Å². The van der Waals surface area contributed by atoms with Crippen LogP contribution in [0.5, 0.6) is 0 Å². The molecular weight excluding hydrogens is 432 g/mol. The van der Waals surface area contributed by atoms with Crippen molar-refractivity contribution in [3.05, 3.63) is 69.2 Å². The molecule has 30 heavy (non-hydrogen) atoms. The highest BCUT2D eigenvalue weighted by Gasteiger charge is 2.39. The minimum Gasteiger partial charge on any atom is -0.465 e. The predicted molar refractivity (Wildman–Crippen MR) is 113 cm³/mol. The zero-order valence-electron chi connectivity index (χ0n) is 16.8. The molecule has 10 heteroatoms. The molecule has 0 aromatic heterocycles. The van der Waals surface area contributed by atoms with Crippen molar-refractivity contribution >= 4 is 33.3 Å². The number of nitro groups is 1. The molecule has 0 saturated heterocycles. The minimum atomic E-state index is -4.20. The first-order chi connectivity index (χ1) is 14.1. The van der Waals surface area contributed by atoms with E-state index in [1.54, 1.807) is 45.0 Å². The Balaban J connectivity index is 2.57.